The van der Waals surface area contributed by atoms with Crippen molar-refractivity contribution >= 4 is 11.7 Å². The van der Waals surface area contributed by atoms with Crippen molar-refractivity contribution in [3.05, 3.63) is 30.3 Å². The zero-order valence-electron chi connectivity index (χ0n) is 12.2. The Labute approximate surface area is 116 Å². The fraction of sp³-hybridized carbons (Fsp3) is 0.562. The molecule has 0 fully saturated rings. The molecule has 0 saturated heterocycles. The van der Waals surface area contributed by atoms with Gasteiger partial charge in [-0.3, -0.25) is 4.79 Å². The van der Waals surface area contributed by atoms with E-state index in [1.165, 1.54) is 0 Å². The summed E-state index contributed by atoms with van der Waals surface area (Å²) in [4.78, 5) is 11.5. The molecule has 0 amide bonds. The molecule has 0 aromatic heterocycles. The Morgan fingerprint density at radius 3 is 2.53 bits per heavy atom. The summed E-state index contributed by atoms with van der Waals surface area (Å²) in [7, 11) is 0. The number of ether oxygens (including phenoxy) is 1. The van der Waals surface area contributed by atoms with Crippen molar-refractivity contribution in [2.45, 2.75) is 40.0 Å². The summed E-state index contributed by atoms with van der Waals surface area (Å²) in [6.45, 7) is 7.74. The van der Waals surface area contributed by atoms with Gasteiger partial charge in [-0.15, -0.1) is 0 Å². The van der Waals surface area contributed by atoms with Crippen LogP contribution in [0, 0.1) is 5.41 Å². The first kappa shape index (κ1) is 15.5. The van der Waals surface area contributed by atoms with E-state index in [4.69, 9.17) is 4.74 Å². The fourth-order valence-electron chi connectivity index (χ4n) is 1.56. The van der Waals surface area contributed by atoms with Gasteiger partial charge in [0.15, 0.2) is 0 Å². The molecule has 0 spiro atoms. The molecule has 19 heavy (non-hydrogen) atoms. The molecule has 0 aliphatic carbocycles. The summed E-state index contributed by atoms with van der Waals surface area (Å²) in [5, 5.41) is 3.27. The van der Waals surface area contributed by atoms with Gasteiger partial charge in [0, 0.05) is 18.7 Å². The van der Waals surface area contributed by atoms with E-state index >= 15 is 0 Å². The monoisotopic (exact) mass is 263 g/mol. The average Bonchev–Trinajstić information content (AvgIpc) is 2.34. The highest BCUT2D eigenvalue weighted by molar-refractivity contribution is 5.69. The minimum absolute atomic E-state index is 0.0980. The number of para-hydroxylation sites is 1. The van der Waals surface area contributed by atoms with Crippen LogP contribution in [0.1, 0.15) is 40.0 Å². The maximum atomic E-state index is 11.5. The van der Waals surface area contributed by atoms with Crippen LogP contribution >= 0.6 is 0 Å². The van der Waals surface area contributed by atoms with Crippen LogP contribution in [-0.2, 0) is 9.53 Å². The molecule has 1 N–H and O–H groups in total. The normalized spacial score (nSPS) is 11.1. The molecule has 106 valence electrons. The highest BCUT2D eigenvalue weighted by Crippen LogP contribution is 2.18. The lowest BCUT2D eigenvalue weighted by atomic mass is 9.93. The maximum absolute atomic E-state index is 11.5. The first-order valence-electron chi connectivity index (χ1n) is 6.92. The fourth-order valence-corrected chi connectivity index (χ4v) is 1.56. The summed E-state index contributed by atoms with van der Waals surface area (Å²) >= 11 is 0. The van der Waals surface area contributed by atoms with Gasteiger partial charge in [0.2, 0.25) is 0 Å². The SMILES string of the molecule is CC(C)(C)CCOC(=O)CCCNc1ccccc1. The van der Waals surface area contributed by atoms with Crippen LogP contribution in [0.15, 0.2) is 30.3 Å². The molecule has 0 saturated carbocycles. The maximum Gasteiger partial charge on any atom is 0.305 e. The smallest absolute Gasteiger partial charge is 0.305 e. The number of nitrogens with one attached hydrogen (secondary N) is 1. The number of benzene rings is 1. The highest BCUT2D eigenvalue weighted by Gasteiger charge is 2.11. The minimum Gasteiger partial charge on any atom is -0.466 e. The van der Waals surface area contributed by atoms with Crippen molar-refractivity contribution in [3.8, 4) is 0 Å². The first-order chi connectivity index (χ1) is 8.97. The van der Waals surface area contributed by atoms with Crippen LogP contribution in [0.25, 0.3) is 0 Å². The first-order valence-corrected chi connectivity index (χ1v) is 6.92. The molecule has 0 aliphatic heterocycles. The van der Waals surface area contributed by atoms with Crippen LogP contribution in [0.3, 0.4) is 0 Å². The van der Waals surface area contributed by atoms with Crippen LogP contribution in [-0.4, -0.2) is 19.1 Å². The zero-order chi connectivity index (χ0) is 14.1. The predicted molar refractivity (Wildman–Crippen MR) is 79.2 cm³/mol. The van der Waals surface area contributed by atoms with Gasteiger partial charge < -0.3 is 10.1 Å². The predicted octanol–water partition coefficient (Wildman–Crippen LogP) is 3.86. The lowest BCUT2D eigenvalue weighted by Gasteiger charge is -2.17. The van der Waals surface area contributed by atoms with E-state index < -0.39 is 0 Å². The van der Waals surface area contributed by atoms with Gasteiger partial charge in [-0.05, 0) is 30.4 Å². The number of anilines is 1. The van der Waals surface area contributed by atoms with E-state index in [9.17, 15) is 4.79 Å². The molecule has 3 nitrogen and oxygen atoms in total. The van der Waals surface area contributed by atoms with Crippen molar-refractivity contribution in [3.63, 3.8) is 0 Å². The standard InChI is InChI=1S/C16H25NO2/c1-16(2,3)11-13-19-15(18)10-7-12-17-14-8-5-4-6-9-14/h4-6,8-9,17H,7,10-13H2,1-3H3. The molecule has 0 unspecified atom stereocenters. The van der Waals surface area contributed by atoms with Crippen molar-refractivity contribution in [2.75, 3.05) is 18.5 Å². The van der Waals surface area contributed by atoms with Crippen LogP contribution in [0.5, 0.6) is 0 Å². The van der Waals surface area contributed by atoms with Gasteiger partial charge in [0.1, 0.15) is 0 Å². The number of carbonyl (C=O) groups excluding carboxylic acids is 1. The number of esters is 1. The number of hydrogen-bond donors (Lipinski definition) is 1. The number of rotatable bonds is 7. The second-order valence-corrected chi connectivity index (χ2v) is 5.93. The van der Waals surface area contributed by atoms with Crippen LogP contribution < -0.4 is 5.32 Å². The Morgan fingerprint density at radius 1 is 1.21 bits per heavy atom. The lowest BCUT2D eigenvalue weighted by molar-refractivity contribution is -0.144. The summed E-state index contributed by atoms with van der Waals surface area (Å²) in [6, 6.07) is 9.99. The van der Waals surface area contributed by atoms with Gasteiger partial charge in [-0.1, -0.05) is 39.0 Å². The third-order valence-electron chi connectivity index (χ3n) is 2.78. The highest BCUT2D eigenvalue weighted by atomic mass is 16.5. The van der Waals surface area contributed by atoms with Crippen LogP contribution in [0.4, 0.5) is 5.69 Å². The molecule has 1 aromatic carbocycles. The molecule has 1 aromatic rings. The molecule has 0 aliphatic rings. The van der Waals surface area contributed by atoms with E-state index in [0.717, 1.165) is 25.1 Å². The van der Waals surface area contributed by atoms with E-state index in [1.54, 1.807) is 0 Å². The quantitative estimate of drug-likeness (QED) is 0.599. The van der Waals surface area contributed by atoms with Gasteiger partial charge in [0.25, 0.3) is 0 Å². The van der Waals surface area contributed by atoms with Crippen LogP contribution in [0.2, 0.25) is 0 Å². The molecular formula is C16H25NO2. The van der Waals surface area contributed by atoms with Gasteiger partial charge >= 0.3 is 5.97 Å². The minimum atomic E-state index is -0.0980. The Kier molecular flexibility index (Phi) is 6.40. The molecule has 0 radical (unpaired) electrons. The summed E-state index contributed by atoms with van der Waals surface area (Å²) in [5.74, 6) is -0.0980. The zero-order valence-corrected chi connectivity index (χ0v) is 12.2. The third kappa shape index (κ3) is 8.25. The van der Waals surface area contributed by atoms with Gasteiger partial charge in [-0.2, -0.15) is 0 Å². The van der Waals surface area contributed by atoms with Crippen molar-refractivity contribution in [1.29, 1.82) is 0 Å². The lowest BCUT2D eigenvalue weighted by Crippen LogP contribution is -2.14. The summed E-state index contributed by atoms with van der Waals surface area (Å²) < 4.78 is 5.20. The molecule has 3 heteroatoms. The number of carbonyl (C=O) groups is 1. The van der Waals surface area contributed by atoms with E-state index in [-0.39, 0.29) is 11.4 Å². The second kappa shape index (κ2) is 7.82. The van der Waals surface area contributed by atoms with Gasteiger partial charge in [0.05, 0.1) is 6.61 Å². The van der Waals surface area contributed by atoms with Crippen molar-refractivity contribution in [2.24, 2.45) is 5.41 Å². The largest absolute Gasteiger partial charge is 0.466 e. The Bertz CT molecular complexity index is 368. The van der Waals surface area contributed by atoms with Gasteiger partial charge in [-0.25, -0.2) is 0 Å². The third-order valence-corrected chi connectivity index (χ3v) is 2.78. The Balaban J connectivity index is 2.05. The van der Waals surface area contributed by atoms with Crippen molar-refractivity contribution < 1.29 is 9.53 Å². The second-order valence-electron chi connectivity index (χ2n) is 5.93. The average molecular weight is 263 g/mol. The number of hydrogen-bond acceptors (Lipinski definition) is 3. The van der Waals surface area contributed by atoms with E-state index in [1.807, 2.05) is 30.3 Å². The van der Waals surface area contributed by atoms with E-state index in [2.05, 4.69) is 26.1 Å². The molecular weight excluding hydrogens is 238 g/mol. The molecule has 0 heterocycles. The Morgan fingerprint density at radius 2 is 1.89 bits per heavy atom. The molecule has 0 bridgehead atoms. The summed E-state index contributed by atoms with van der Waals surface area (Å²) in [6.07, 6.45) is 2.17. The Hall–Kier alpha value is -1.51. The van der Waals surface area contributed by atoms with Crippen molar-refractivity contribution in [1.82, 2.24) is 0 Å². The topological polar surface area (TPSA) is 38.3 Å². The molecule has 1 rings (SSSR count). The molecule has 0 atom stereocenters. The van der Waals surface area contributed by atoms with E-state index in [0.29, 0.717) is 13.0 Å². The summed E-state index contributed by atoms with van der Waals surface area (Å²) in [5.41, 5.74) is 1.30.